The monoisotopic (exact) mass is 241 g/mol. The van der Waals surface area contributed by atoms with E-state index in [-0.39, 0.29) is 12.0 Å². The van der Waals surface area contributed by atoms with Crippen LogP contribution in [-0.2, 0) is 9.53 Å². The van der Waals surface area contributed by atoms with E-state index >= 15 is 0 Å². The van der Waals surface area contributed by atoms with Crippen molar-refractivity contribution in [1.82, 2.24) is 5.32 Å². The molecule has 1 aliphatic carbocycles. The van der Waals surface area contributed by atoms with Gasteiger partial charge in [-0.05, 0) is 37.6 Å². The van der Waals surface area contributed by atoms with Crippen LogP contribution in [-0.4, -0.2) is 25.7 Å². The van der Waals surface area contributed by atoms with Gasteiger partial charge in [0.05, 0.1) is 7.11 Å². The Morgan fingerprint density at radius 3 is 2.29 bits per heavy atom. The predicted octanol–water partition coefficient (Wildman–Crippen LogP) is 2.74. The molecule has 1 N–H and O–H groups in total. The number of methoxy groups -OCH3 is 1. The molecule has 0 aromatic rings. The zero-order chi connectivity index (χ0) is 12.7. The van der Waals surface area contributed by atoms with Gasteiger partial charge in [0.25, 0.3) is 0 Å². The molecule has 1 saturated carbocycles. The molecule has 0 heterocycles. The maximum Gasteiger partial charge on any atom is 0.322 e. The highest BCUT2D eigenvalue weighted by atomic mass is 16.5. The number of hydrogen-bond donors (Lipinski definition) is 1. The second-order valence-corrected chi connectivity index (χ2v) is 5.19. The lowest BCUT2D eigenvalue weighted by Gasteiger charge is -2.29. The lowest BCUT2D eigenvalue weighted by Crippen LogP contribution is -2.40. The second-order valence-electron chi connectivity index (χ2n) is 5.19. The van der Waals surface area contributed by atoms with E-state index in [0.717, 1.165) is 24.8 Å². The van der Waals surface area contributed by atoms with Crippen molar-refractivity contribution in [2.24, 2.45) is 11.8 Å². The average molecular weight is 241 g/mol. The fourth-order valence-electron chi connectivity index (χ4n) is 2.69. The van der Waals surface area contributed by atoms with Crippen molar-refractivity contribution in [3.63, 3.8) is 0 Å². The van der Waals surface area contributed by atoms with E-state index in [1.165, 1.54) is 39.2 Å². The average Bonchev–Trinajstić information content (AvgIpc) is 2.39. The number of esters is 1. The van der Waals surface area contributed by atoms with E-state index in [0.29, 0.717) is 0 Å². The first kappa shape index (κ1) is 14.5. The molecule has 17 heavy (non-hydrogen) atoms. The van der Waals surface area contributed by atoms with Crippen LogP contribution in [0.4, 0.5) is 0 Å². The summed E-state index contributed by atoms with van der Waals surface area (Å²) in [5.41, 5.74) is 0. The van der Waals surface area contributed by atoms with Crippen LogP contribution in [0.5, 0.6) is 0 Å². The molecule has 0 radical (unpaired) electrons. The summed E-state index contributed by atoms with van der Waals surface area (Å²) in [5, 5.41) is 3.35. The van der Waals surface area contributed by atoms with Crippen LogP contribution in [0.2, 0.25) is 0 Å². The fourth-order valence-corrected chi connectivity index (χ4v) is 2.69. The maximum absolute atomic E-state index is 11.4. The summed E-state index contributed by atoms with van der Waals surface area (Å²) in [7, 11) is 1.46. The molecule has 1 aliphatic rings. The zero-order valence-corrected chi connectivity index (χ0v) is 11.5. The molecule has 0 aromatic heterocycles. The van der Waals surface area contributed by atoms with Gasteiger partial charge >= 0.3 is 5.97 Å². The van der Waals surface area contributed by atoms with Crippen LogP contribution in [0.15, 0.2) is 0 Å². The summed E-state index contributed by atoms with van der Waals surface area (Å²) in [5.74, 6) is 1.56. The standard InChI is InChI=1S/C14H27NO2/c1-4-11-6-8-12(9-7-11)10-15-13(5-2)14(16)17-3/h11-13,15H,4-10H2,1-3H3. The van der Waals surface area contributed by atoms with Crippen LogP contribution >= 0.6 is 0 Å². The molecule has 1 fully saturated rings. The Morgan fingerprint density at radius 1 is 1.24 bits per heavy atom. The van der Waals surface area contributed by atoms with Gasteiger partial charge in [-0.25, -0.2) is 0 Å². The lowest BCUT2D eigenvalue weighted by molar-refractivity contribution is -0.143. The smallest absolute Gasteiger partial charge is 0.322 e. The Balaban J connectivity index is 2.24. The zero-order valence-electron chi connectivity index (χ0n) is 11.5. The molecule has 0 amide bonds. The van der Waals surface area contributed by atoms with Gasteiger partial charge in [-0.3, -0.25) is 4.79 Å². The largest absolute Gasteiger partial charge is 0.468 e. The third-order valence-corrected chi connectivity index (χ3v) is 4.09. The normalized spacial score (nSPS) is 26.5. The maximum atomic E-state index is 11.4. The van der Waals surface area contributed by atoms with E-state index < -0.39 is 0 Å². The summed E-state index contributed by atoms with van der Waals surface area (Å²) < 4.78 is 4.78. The van der Waals surface area contributed by atoms with Gasteiger partial charge < -0.3 is 10.1 Å². The Morgan fingerprint density at radius 2 is 1.82 bits per heavy atom. The molecule has 0 bridgehead atoms. The topological polar surface area (TPSA) is 38.3 Å². The van der Waals surface area contributed by atoms with E-state index in [4.69, 9.17) is 4.74 Å². The van der Waals surface area contributed by atoms with Gasteiger partial charge in [-0.1, -0.05) is 33.1 Å². The van der Waals surface area contributed by atoms with Crippen molar-refractivity contribution in [1.29, 1.82) is 0 Å². The van der Waals surface area contributed by atoms with Gasteiger partial charge in [0.1, 0.15) is 6.04 Å². The molecule has 0 aromatic carbocycles. The van der Waals surface area contributed by atoms with E-state index in [9.17, 15) is 4.79 Å². The third-order valence-electron chi connectivity index (χ3n) is 4.09. The number of ether oxygens (including phenoxy) is 1. The number of nitrogens with one attached hydrogen (secondary N) is 1. The first-order valence-electron chi connectivity index (χ1n) is 7.02. The highest BCUT2D eigenvalue weighted by Gasteiger charge is 2.22. The Hall–Kier alpha value is -0.570. The number of carbonyl (C=O) groups excluding carboxylic acids is 1. The fraction of sp³-hybridized carbons (Fsp3) is 0.929. The van der Waals surface area contributed by atoms with Crippen LogP contribution in [0.25, 0.3) is 0 Å². The van der Waals surface area contributed by atoms with E-state index in [1.807, 2.05) is 6.92 Å². The van der Waals surface area contributed by atoms with Crippen molar-refractivity contribution in [2.45, 2.75) is 58.4 Å². The van der Waals surface area contributed by atoms with Gasteiger partial charge in [0.2, 0.25) is 0 Å². The summed E-state index contributed by atoms with van der Waals surface area (Å²) in [6.45, 7) is 5.26. The molecular weight excluding hydrogens is 214 g/mol. The molecule has 1 rings (SSSR count). The molecule has 1 unspecified atom stereocenters. The minimum absolute atomic E-state index is 0.121. The number of hydrogen-bond acceptors (Lipinski definition) is 3. The van der Waals surface area contributed by atoms with Crippen molar-refractivity contribution >= 4 is 5.97 Å². The van der Waals surface area contributed by atoms with Gasteiger partial charge in [-0.15, -0.1) is 0 Å². The molecule has 3 heteroatoms. The van der Waals surface area contributed by atoms with Gasteiger partial charge in [0, 0.05) is 0 Å². The van der Waals surface area contributed by atoms with Gasteiger partial charge in [0.15, 0.2) is 0 Å². The molecule has 0 aliphatic heterocycles. The SMILES string of the molecule is CCC1CCC(CNC(CC)C(=O)OC)CC1. The summed E-state index contributed by atoms with van der Waals surface area (Å²) in [6, 6.07) is -0.121. The van der Waals surface area contributed by atoms with Crippen LogP contribution in [0.3, 0.4) is 0 Å². The Labute approximate surface area is 105 Å². The van der Waals surface area contributed by atoms with Crippen LogP contribution in [0, 0.1) is 11.8 Å². The Bertz CT molecular complexity index is 222. The number of carbonyl (C=O) groups is 1. The molecule has 0 spiro atoms. The van der Waals surface area contributed by atoms with Crippen molar-refractivity contribution in [2.75, 3.05) is 13.7 Å². The first-order chi connectivity index (χ1) is 8.21. The quantitative estimate of drug-likeness (QED) is 0.727. The first-order valence-corrected chi connectivity index (χ1v) is 7.02. The highest BCUT2D eigenvalue weighted by Crippen LogP contribution is 2.30. The van der Waals surface area contributed by atoms with Gasteiger partial charge in [-0.2, -0.15) is 0 Å². The lowest BCUT2D eigenvalue weighted by atomic mass is 9.81. The van der Waals surface area contributed by atoms with Crippen LogP contribution < -0.4 is 5.32 Å². The van der Waals surface area contributed by atoms with E-state index in [1.54, 1.807) is 0 Å². The van der Waals surface area contributed by atoms with Crippen molar-refractivity contribution < 1.29 is 9.53 Å². The summed E-state index contributed by atoms with van der Waals surface area (Å²) in [6.07, 6.45) is 7.46. The summed E-state index contributed by atoms with van der Waals surface area (Å²) in [4.78, 5) is 11.4. The predicted molar refractivity (Wildman–Crippen MR) is 69.8 cm³/mol. The van der Waals surface area contributed by atoms with E-state index in [2.05, 4.69) is 12.2 Å². The van der Waals surface area contributed by atoms with Crippen molar-refractivity contribution in [3.8, 4) is 0 Å². The second kappa shape index (κ2) is 7.70. The Kier molecular flexibility index (Phi) is 6.56. The molecule has 3 nitrogen and oxygen atoms in total. The minimum atomic E-state index is -0.130. The molecule has 1 atom stereocenters. The molecular formula is C14H27NO2. The number of rotatable bonds is 6. The van der Waals surface area contributed by atoms with Crippen LogP contribution in [0.1, 0.15) is 52.4 Å². The minimum Gasteiger partial charge on any atom is -0.468 e. The summed E-state index contributed by atoms with van der Waals surface area (Å²) >= 11 is 0. The molecule has 100 valence electrons. The van der Waals surface area contributed by atoms with Crippen molar-refractivity contribution in [3.05, 3.63) is 0 Å². The third kappa shape index (κ3) is 4.66. The molecule has 0 saturated heterocycles. The highest BCUT2D eigenvalue weighted by molar-refractivity contribution is 5.75.